The van der Waals surface area contributed by atoms with Crippen LogP contribution in [0.5, 0.6) is 5.75 Å². The van der Waals surface area contributed by atoms with Crippen molar-refractivity contribution in [2.24, 2.45) is 7.05 Å². The lowest BCUT2D eigenvalue weighted by Crippen LogP contribution is -2.57. The molecule has 1 atom stereocenters. The summed E-state index contributed by atoms with van der Waals surface area (Å²) in [5.74, 6) is -0.263. The van der Waals surface area contributed by atoms with Crippen molar-refractivity contribution in [1.82, 2.24) is 9.55 Å². The lowest BCUT2D eigenvalue weighted by molar-refractivity contribution is -0.112. The van der Waals surface area contributed by atoms with Crippen LogP contribution in [0.15, 0.2) is 72.9 Å². The summed E-state index contributed by atoms with van der Waals surface area (Å²) in [7, 11) is 1.79. The van der Waals surface area contributed by atoms with Gasteiger partial charge in [0.1, 0.15) is 29.7 Å². The topological polar surface area (TPSA) is 79.7 Å². The summed E-state index contributed by atoms with van der Waals surface area (Å²) >= 11 is 0. The number of pyridine rings is 1. The molecule has 0 bridgehead atoms. The van der Waals surface area contributed by atoms with Crippen LogP contribution in [0.3, 0.4) is 0 Å². The maximum atomic E-state index is 13.3. The fraction of sp³-hybridized carbons (Fsp3) is 0.233. The molecule has 4 heterocycles. The quantitative estimate of drug-likeness (QED) is 0.307. The molecule has 6 rings (SSSR count). The SMILES string of the molecule is Cc1cc(-c2ccccc2)c(C(=O)C(=O)Nc2ccc3c(c2)OCC2CN(c4ccc(F)cn4)CCN32)n1C. The van der Waals surface area contributed by atoms with Crippen molar-refractivity contribution < 1.29 is 18.7 Å². The van der Waals surface area contributed by atoms with E-state index >= 15 is 0 Å². The smallest absolute Gasteiger partial charge is 0.298 e. The van der Waals surface area contributed by atoms with Crippen molar-refractivity contribution in [3.8, 4) is 16.9 Å². The lowest BCUT2D eigenvalue weighted by atomic mass is 10.0. The van der Waals surface area contributed by atoms with Gasteiger partial charge >= 0.3 is 0 Å². The van der Waals surface area contributed by atoms with Crippen LogP contribution < -0.4 is 19.9 Å². The van der Waals surface area contributed by atoms with E-state index in [1.54, 1.807) is 29.8 Å². The van der Waals surface area contributed by atoms with Crippen LogP contribution in [0.1, 0.15) is 16.2 Å². The number of piperazine rings is 1. The molecule has 1 saturated heterocycles. The predicted octanol–water partition coefficient (Wildman–Crippen LogP) is 4.44. The molecule has 2 aliphatic heterocycles. The second-order valence-corrected chi connectivity index (χ2v) is 9.88. The van der Waals surface area contributed by atoms with Crippen molar-refractivity contribution >= 4 is 28.9 Å². The number of ketones is 1. The molecule has 39 heavy (non-hydrogen) atoms. The number of aryl methyl sites for hydroxylation is 1. The fourth-order valence-electron chi connectivity index (χ4n) is 5.35. The number of carbonyl (C=O) groups excluding carboxylic acids is 2. The zero-order chi connectivity index (χ0) is 27.1. The van der Waals surface area contributed by atoms with E-state index in [2.05, 4.69) is 20.1 Å². The number of amides is 1. The van der Waals surface area contributed by atoms with Gasteiger partial charge in [0.05, 0.1) is 17.9 Å². The third-order valence-corrected chi connectivity index (χ3v) is 7.46. The van der Waals surface area contributed by atoms with Gasteiger partial charge in [0.25, 0.3) is 11.7 Å². The van der Waals surface area contributed by atoms with Gasteiger partial charge in [-0.3, -0.25) is 9.59 Å². The molecule has 2 aromatic heterocycles. The van der Waals surface area contributed by atoms with Crippen LogP contribution in [0.2, 0.25) is 0 Å². The van der Waals surface area contributed by atoms with Crippen LogP contribution in [0, 0.1) is 12.7 Å². The number of nitrogens with one attached hydrogen (secondary N) is 1. The summed E-state index contributed by atoms with van der Waals surface area (Å²) in [4.78, 5) is 35.0. The maximum absolute atomic E-state index is 13.3. The number of rotatable bonds is 5. The van der Waals surface area contributed by atoms with E-state index < -0.39 is 11.7 Å². The summed E-state index contributed by atoms with van der Waals surface area (Å²) in [5.41, 5.74) is 4.27. The molecule has 0 radical (unpaired) electrons. The molecule has 1 N–H and O–H groups in total. The number of carbonyl (C=O) groups is 2. The molecule has 0 saturated carbocycles. The number of Topliss-reactive ketones (excluding diaryl/α,β-unsaturated/α-hetero) is 1. The van der Waals surface area contributed by atoms with E-state index in [1.165, 1.54) is 12.3 Å². The van der Waals surface area contributed by atoms with Crippen LogP contribution in [-0.4, -0.2) is 53.5 Å². The molecule has 8 nitrogen and oxygen atoms in total. The van der Waals surface area contributed by atoms with Crippen molar-refractivity contribution in [1.29, 1.82) is 0 Å². The Morgan fingerprint density at radius 2 is 1.87 bits per heavy atom. The predicted molar refractivity (Wildman–Crippen MR) is 148 cm³/mol. The molecular formula is C30H28FN5O3. The first-order valence-electron chi connectivity index (χ1n) is 12.9. The molecule has 198 valence electrons. The third-order valence-electron chi connectivity index (χ3n) is 7.46. The second kappa shape index (κ2) is 9.90. The number of aromatic nitrogens is 2. The van der Waals surface area contributed by atoms with Crippen molar-refractivity contribution in [3.05, 3.63) is 90.1 Å². The molecule has 1 fully saturated rings. The second-order valence-electron chi connectivity index (χ2n) is 9.88. The number of nitrogens with zero attached hydrogens (tertiary/aromatic N) is 4. The van der Waals surface area contributed by atoms with Crippen LogP contribution in [0.4, 0.5) is 21.6 Å². The summed E-state index contributed by atoms with van der Waals surface area (Å²) in [5, 5.41) is 2.76. The minimum absolute atomic E-state index is 0.108. The van der Waals surface area contributed by atoms with Crippen molar-refractivity contribution in [2.45, 2.75) is 13.0 Å². The van der Waals surface area contributed by atoms with E-state index in [0.717, 1.165) is 41.4 Å². The van der Waals surface area contributed by atoms with Crippen LogP contribution in [0.25, 0.3) is 11.1 Å². The Morgan fingerprint density at radius 1 is 1.05 bits per heavy atom. The normalized spacial score (nSPS) is 16.2. The van der Waals surface area contributed by atoms with Crippen LogP contribution >= 0.6 is 0 Å². The largest absolute Gasteiger partial charge is 0.489 e. The van der Waals surface area contributed by atoms with E-state index in [9.17, 15) is 14.0 Å². The molecular weight excluding hydrogens is 497 g/mol. The van der Waals surface area contributed by atoms with Gasteiger partial charge in [-0.25, -0.2) is 9.37 Å². The highest BCUT2D eigenvalue weighted by Gasteiger charge is 2.34. The number of hydrogen-bond acceptors (Lipinski definition) is 6. The molecule has 4 aromatic rings. The van der Waals surface area contributed by atoms with Gasteiger partial charge in [-0.2, -0.15) is 0 Å². The number of benzene rings is 2. The summed E-state index contributed by atoms with van der Waals surface area (Å²) in [6.45, 7) is 4.56. The first-order valence-corrected chi connectivity index (χ1v) is 12.9. The Balaban J connectivity index is 1.18. The number of anilines is 3. The number of hydrogen-bond donors (Lipinski definition) is 1. The average molecular weight is 526 g/mol. The minimum atomic E-state index is -0.706. The molecule has 2 aromatic carbocycles. The standard InChI is InChI=1S/C30H28FN5O3/c1-19-14-24(20-6-4-3-5-7-20)28(34(19)2)29(37)30(38)33-22-9-10-25-26(15-22)39-18-23-17-35(12-13-36(23)25)27-11-8-21(31)16-32-27/h3-11,14-16,23H,12-13,17-18H2,1-2H3,(H,33,38). The van der Waals surface area contributed by atoms with E-state index in [1.807, 2.05) is 49.4 Å². The van der Waals surface area contributed by atoms with E-state index in [4.69, 9.17) is 4.74 Å². The maximum Gasteiger partial charge on any atom is 0.298 e. The zero-order valence-corrected chi connectivity index (χ0v) is 21.7. The highest BCUT2D eigenvalue weighted by Crippen LogP contribution is 2.38. The molecule has 0 aliphatic carbocycles. The van der Waals surface area contributed by atoms with Crippen molar-refractivity contribution in [2.75, 3.05) is 41.4 Å². The van der Waals surface area contributed by atoms with E-state index in [0.29, 0.717) is 30.3 Å². The number of fused-ring (bicyclic) bond motifs is 3. The van der Waals surface area contributed by atoms with Gasteiger partial charge in [0, 0.05) is 49.7 Å². The Morgan fingerprint density at radius 3 is 2.64 bits per heavy atom. The molecule has 0 spiro atoms. The Kier molecular flexibility index (Phi) is 6.26. The van der Waals surface area contributed by atoms with Gasteiger partial charge in [0.15, 0.2) is 0 Å². The highest BCUT2D eigenvalue weighted by molar-refractivity contribution is 6.47. The van der Waals surface area contributed by atoms with Gasteiger partial charge in [0.2, 0.25) is 0 Å². The number of halogens is 1. The summed E-state index contributed by atoms with van der Waals surface area (Å²) in [6.07, 6.45) is 1.23. The third kappa shape index (κ3) is 4.60. The average Bonchev–Trinajstić information content (AvgIpc) is 3.26. The monoisotopic (exact) mass is 525 g/mol. The fourth-order valence-corrected chi connectivity index (χ4v) is 5.35. The molecule has 9 heteroatoms. The summed E-state index contributed by atoms with van der Waals surface area (Å²) < 4.78 is 21.1. The van der Waals surface area contributed by atoms with Crippen LogP contribution in [-0.2, 0) is 11.8 Å². The van der Waals surface area contributed by atoms with Gasteiger partial charge in [-0.05, 0) is 42.8 Å². The Hall–Kier alpha value is -4.66. The van der Waals surface area contributed by atoms with Gasteiger partial charge in [-0.1, -0.05) is 30.3 Å². The first-order chi connectivity index (χ1) is 18.9. The zero-order valence-electron chi connectivity index (χ0n) is 21.7. The van der Waals surface area contributed by atoms with Crippen molar-refractivity contribution in [3.63, 3.8) is 0 Å². The molecule has 2 aliphatic rings. The van der Waals surface area contributed by atoms with Gasteiger partial charge in [-0.15, -0.1) is 0 Å². The Labute approximate surface area is 225 Å². The van der Waals surface area contributed by atoms with E-state index in [-0.39, 0.29) is 11.9 Å². The molecule has 1 amide bonds. The lowest BCUT2D eigenvalue weighted by Gasteiger charge is -2.46. The highest BCUT2D eigenvalue weighted by atomic mass is 19.1. The van der Waals surface area contributed by atoms with Gasteiger partial charge < -0.3 is 24.4 Å². The summed E-state index contributed by atoms with van der Waals surface area (Å²) in [6, 6.07) is 20.2. The number of ether oxygens (including phenoxy) is 1. The Bertz CT molecular complexity index is 1550. The minimum Gasteiger partial charge on any atom is -0.489 e. The first kappa shape index (κ1) is 24.7. The molecule has 1 unspecified atom stereocenters.